The van der Waals surface area contributed by atoms with Gasteiger partial charge in [0, 0.05) is 17.8 Å². The fraction of sp³-hybridized carbons (Fsp3) is 0.364. The van der Waals surface area contributed by atoms with Crippen molar-refractivity contribution < 1.29 is 4.79 Å². The summed E-state index contributed by atoms with van der Waals surface area (Å²) < 4.78 is 0. The molecule has 5 heteroatoms. The van der Waals surface area contributed by atoms with Crippen LogP contribution in [-0.2, 0) is 0 Å². The third-order valence-corrected chi connectivity index (χ3v) is 2.84. The zero-order valence-electron chi connectivity index (χ0n) is 8.56. The number of aromatic nitrogens is 1. The predicted molar refractivity (Wildman–Crippen MR) is 58.9 cm³/mol. The van der Waals surface area contributed by atoms with Crippen LogP contribution in [0.4, 0.5) is 0 Å². The summed E-state index contributed by atoms with van der Waals surface area (Å²) >= 11 is 5.79. The number of pyridine rings is 1. The lowest BCUT2D eigenvalue weighted by Crippen LogP contribution is -2.35. The van der Waals surface area contributed by atoms with Crippen LogP contribution in [0.25, 0.3) is 0 Å². The highest BCUT2D eigenvalue weighted by atomic mass is 35.5. The molecule has 0 aromatic carbocycles. The number of halogens is 1. The number of carbonyl (C=O) groups is 1. The van der Waals surface area contributed by atoms with Crippen molar-refractivity contribution in [2.75, 3.05) is 6.54 Å². The molecule has 1 fully saturated rings. The van der Waals surface area contributed by atoms with Crippen LogP contribution >= 0.6 is 11.6 Å². The monoisotopic (exact) mass is 235 g/mol. The number of nitriles is 1. The van der Waals surface area contributed by atoms with Crippen LogP contribution in [-0.4, -0.2) is 28.4 Å². The van der Waals surface area contributed by atoms with Gasteiger partial charge < -0.3 is 4.90 Å². The van der Waals surface area contributed by atoms with Crippen molar-refractivity contribution in [3.63, 3.8) is 0 Å². The summed E-state index contributed by atoms with van der Waals surface area (Å²) in [5, 5.41) is 9.37. The summed E-state index contributed by atoms with van der Waals surface area (Å²) in [6, 6.07) is 4.94. The second-order valence-corrected chi connectivity index (χ2v) is 4.08. The van der Waals surface area contributed by atoms with Gasteiger partial charge >= 0.3 is 0 Å². The molecule has 2 rings (SSSR count). The van der Waals surface area contributed by atoms with Crippen LogP contribution in [0.2, 0.25) is 5.02 Å². The number of likely N-dealkylation sites (tertiary alicyclic amines) is 1. The van der Waals surface area contributed by atoms with E-state index in [1.807, 2.05) is 0 Å². The number of rotatable bonds is 1. The Balaban J connectivity index is 2.23. The van der Waals surface area contributed by atoms with Gasteiger partial charge in [0.25, 0.3) is 5.91 Å². The second kappa shape index (κ2) is 4.50. The molecule has 1 atom stereocenters. The van der Waals surface area contributed by atoms with Gasteiger partial charge in [0.2, 0.25) is 0 Å². The molecule has 0 radical (unpaired) electrons. The standard InChI is InChI=1S/C11H10ClN3O/c12-8-3-4-14-10(6-8)11(16)15-5-1-2-9(15)7-13/h3-4,6,9H,1-2,5H2. The number of nitrogens with zero attached hydrogens (tertiary/aromatic N) is 3. The molecule has 1 aromatic rings. The molecular formula is C11H10ClN3O. The van der Waals surface area contributed by atoms with Crippen molar-refractivity contribution in [3.8, 4) is 6.07 Å². The molecule has 82 valence electrons. The molecule has 1 amide bonds. The SMILES string of the molecule is N#CC1CCCN1C(=O)c1cc(Cl)ccn1. The average Bonchev–Trinajstić information content (AvgIpc) is 2.76. The Kier molecular flexibility index (Phi) is 3.07. The molecule has 2 heterocycles. The van der Waals surface area contributed by atoms with Crippen molar-refractivity contribution in [1.82, 2.24) is 9.88 Å². The molecule has 16 heavy (non-hydrogen) atoms. The molecule has 1 aromatic heterocycles. The maximum Gasteiger partial charge on any atom is 0.273 e. The Bertz CT molecular complexity index is 455. The first-order valence-electron chi connectivity index (χ1n) is 5.04. The van der Waals surface area contributed by atoms with Gasteiger partial charge in [0.1, 0.15) is 11.7 Å². The van der Waals surface area contributed by atoms with Gasteiger partial charge in [-0.3, -0.25) is 9.78 Å². The fourth-order valence-electron chi connectivity index (χ4n) is 1.81. The third-order valence-electron chi connectivity index (χ3n) is 2.60. The van der Waals surface area contributed by atoms with E-state index in [9.17, 15) is 4.79 Å². The van der Waals surface area contributed by atoms with E-state index >= 15 is 0 Å². The first kappa shape index (κ1) is 10.9. The van der Waals surface area contributed by atoms with Gasteiger partial charge in [-0.2, -0.15) is 5.26 Å². The van der Waals surface area contributed by atoms with Gasteiger partial charge in [0.15, 0.2) is 0 Å². The Morgan fingerprint density at radius 1 is 1.69 bits per heavy atom. The highest BCUT2D eigenvalue weighted by Gasteiger charge is 2.29. The highest BCUT2D eigenvalue weighted by Crippen LogP contribution is 2.19. The fourth-order valence-corrected chi connectivity index (χ4v) is 1.97. The molecular weight excluding hydrogens is 226 g/mol. The van der Waals surface area contributed by atoms with E-state index in [0.29, 0.717) is 17.3 Å². The number of hydrogen-bond acceptors (Lipinski definition) is 3. The van der Waals surface area contributed by atoms with E-state index in [4.69, 9.17) is 16.9 Å². The molecule has 1 saturated heterocycles. The predicted octanol–water partition coefficient (Wildman–Crippen LogP) is 1.86. The summed E-state index contributed by atoms with van der Waals surface area (Å²) in [6.07, 6.45) is 3.10. The maximum atomic E-state index is 12.0. The van der Waals surface area contributed by atoms with Crippen LogP contribution in [0.3, 0.4) is 0 Å². The molecule has 0 saturated carbocycles. The number of amides is 1. The van der Waals surface area contributed by atoms with Gasteiger partial charge in [-0.05, 0) is 25.0 Å². The molecule has 1 aliphatic rings. The molecule has 1 unspecified atom stereocenters. The minimum Gasteiger partial charge on any atom is -0.321 e. The second-order valence-electron chi connectivity index (χ2n) is 3.64. The topological polar surface area (TPSA) is 57.0 Å². The van der Waals surface area contributed by atoms with Crippen molar-refractivity contribution >= 4 is 17.5 Å². The first-order chi connectivity index (χ1) is 7.72. The minimum absolute atomic E-state index is 0.216. The van der Waals surface area contributed by atoms with E-state index < -0.39 is 0 Å². The van der Waals surface area contributed by atoms with Crippen molar-refractivity contribution in [1.29, 1.82) is 5.26 Å². The number of hydrogen-bond donors (Lipinski definition) is 0. The Hall–Kier alpha value is -1.60. The van der Waals surface area contributed by atoms with E-state index in [2.05, 4.69) is 11.1 Å². The largest absolute Gasteiger partial charge is 0.321 e. The van der Waals surface area contributed by atoms with E-state index in [1.54, 1.807) is 11.0 Å². The molecule has 4 nitrogen and oxygen atoms in total. The van der Waals surface area contributed by atoms with Crippen molar-refractivity contribution in [2.24, 2.45) is 0 Å². The van der Waals surface area contributed by atoms with Gasteiger partial charge in [0.05, 0.1) is 6.07 Å². The highest BCUT2D eigenvalue weighted by molar-refractivity contribution is 6.30. The summed E-state index contributed by atoms with van der Waals surface area (Å²) in [6.45, 7) is 0.616. The van der Waals surface area contributed by atoms with E-state index in [1.165, 1.54) is 12.3 Å². The average molecular weight is 236 g/mol. The molecule has 0 spiro atoms. The molecule has 1 aliphatic heterocycles. The lowest BCUT2D eigenvalue weighted by molar-refractivity contribution is 0.0759. The van der Waals surface area contributed by atoms with Crippen LogP contribution in [0.1, 0.15) is 23.3 Å². The van der Waals surface area contributed by atoms with Crippen LogP contribution < -0.4 is 0 Å². The lowest BCUT2D eigenvalue weighted by atomic mass is 10.2. The number of carbonyl (C=O) groups excluding carboxylic acids is 1. The summed E-state index contributed by atoms with van der Waals surface area (Å²) in [5.74, 6) is -0.216. The zero-order chi connectivity index (χ0) is 11.5. The third kappa shape index (κ3) is 2.00. The molecule has 0 aliphatic carbocycles. The Morgan fingerprint density at radius 3 is 3.19 bits per heavy atom. The van der Waals surface area contributed by atoms with Crippen molar-refractivity contribution in [3.05, 3.63) is 29.0 Å². The minimum atomic E-state index is -0.326. The maximum absolute atomic E-state index is 12.0. The lowest BCUT2D eigenvalue weighted by Gasteiger charge is -2.18. The van der Waals surface area contributed by atoms with Crippen molar-refractivity contribution in [2.45, 2.75) is 18.9 Å². The summed E-state index contributed by atoms with van der Waals surface area (Å²) in [7, 11) is 0. The van der Waals surface area contributed by atoms with Crippen LogP contribution in [0.15, 0.2) is 18.3 Å². The quantitative estimate of drug-likeness (QED) is 0.747. The van der Waals surface area contributed by atoms with Gasteiger partial charge in [-0.15, -0.1) is 0 Å². The molecule has 0 bridgehead atoms. The Morgan fingerprint density at radius 2 is 2.50 bits per heavy atom. The summed E-state index contributed by atoms with van der Waals surface area (Å²) in [4.78, 5) is 17.5. The van der Waals surface area contributed by atoms with Gasteiger partial charge in [-0.25, -0.2) is 0 Å². The molecule has 0 N–H and O–H groups in total. The van der Waals surface area contributed by atoms with E-state index in [0.717, 1.165) is 12.8 Å². The van der Waals surface area contributed by atoms with Crippen LogP contribution in [0, 0.1) is 11.3 Å². The first-order valence-corrected chi connectivity index (χ1v) is 5.42. The normalized spacial score (nSPS) is 19.5. The van der Waals surface area contributed by atoms with E-state index in [-0.39, 0.29) is 11.9 Å². The Labute approximate surface area is 98.5 Å². The van der Waals surface area contributed by atoms with Crippen LogP contribution in [0.5, 0.6) is 0 Å². The smallest absolute Gasteiger partial charge is 0.273 e. The zero-order valence-corrected chi connectivity index (χ0v) is 9.31. The summed E-state index contributed by atoms with van der Waals surface area (Å²) in [5.41, 5.74) is 0.301. The van der Waals surface area contributed by atoms with Gasteiger partial charge in [-0.1, -0.05) is 11.6 Å².